The highest BCUT2D eigenvalue weighted by molar-refractivity contribution is 5.85. The first kappa shape index (κ1) is 14.8. The van der Waals surface area contributed by atoms with E-state index >= 15 is 0 Å². The molecule has 0 aliphatic carbocycles. The van der Waals surface area contributed by atoms with Crippen LogP contribution in [0.1, 0.15) is 45.9 Å². The molecule has 1 aromatic carbocycles. The molecule has 2 aromatic rings. The van der Waals surface area contributed by atoms with Gasteiger partial charge >= 0.3 is 0 Å². The first-order valence-corrected chi connectivity index (χ1v) is 6.91. The van der Waals surface area contributed by atoms with Gasteiger partial charge in [-0.2, -0.15) is 0 Å². The number of ether oxygens (including phenoxy) is 1. The summed E-state index contributed by atoms with van der Waals surface area (Å²) in [6.45, 7) is 10.5. The van der Waals surface area contributed by atoms with E-state index in [1.165, 1.54) is 0 Å². The Bertz CT molecular complexity index is 634. The summed E-state index contributed by atoms with van der Waals surface area (Å²) in [5.74, 6) is 0.827. The third-order valence-electron chi connectivity index (χ3n) is 3.48. The van der Waals surface area contributed by atoms with Gasteiger partial charge in [0.25, 0.3) is 0 Å². The lowest BCUT2D eigenvalue weighted by Gasteiger charge is -2.26. The zero-order chi connectivity index (χ0) is 15.1. The molecule has 0 spiro atoms. The van der Waals surface area contributed by atoms with Crippen LogP contribution in [0, 0.1) is 0 Å². The van der Waals surface area contributed by atoms with Crippen LogP contribution in [0.15, 0.2) is 24.3 Å². The van der Waals surface area contributed by atoms with Crippen molar-refractivity contribution in [2.75, 3.05) is 7.11 Å². The molecule has 2 rings (SSSR count). The van der Waals surface area contributed by atoms with Gasteiger partial charge in [-0.1, -0.05) is 20.8 Å². The summed E-state index contributed by atoms with van der Waals surface area (Å²) in [6, 6.07) is 8.08. The zero-order valence-corrected chi connectivity index (χ0v) is 13.2. The monoisotopic (exact) mass is 272 g/mol. The molecule has 0 saturated carbocycles. The Morgan fingerprint density at radius 1 is 1.05 bits per heavy atom. The van der Waals surface area contributed by atoms with Crippen molar-refractivity contribution >= 4 is 10.9 Å². The average molecular weight is 272 g/mol. The molecule has 0 aliphatic heterocycles. The molecule has 20 heavy (non-hydrogen) atoms. The standard InChI is InChI=1S/C17H24N2O/c1-16(2,3)15-10-13(17(4,5)18)12-9-11(20-6)7-8-14(12)19-15/h7-10H,18H2,1-6H3. The van der Waals surface area contributed by atoms with Gasteiger partial charge in [0, 0.05) is 22.0 Å². The number of benzene rings is 1. The van der Waals surface area contributed by atoms with Gasteiger partial charge in [0.05, 0.1) is 12.6 Å². The SMILES string of the molecule is COc1ccc2nc(C(C)(C)C)cc(C(C)(C)N)c2c1. The average Bonchev–Trinajstić information content (AvgIpc) is 2.34. The predicted molar refractivity (Wildman–Crippen MR) is 84.2 cm³/mol. The van der Waals surface area contributed by atoms with Crippen LogP contribution in [0.2, 0.25) is 0 Å². The van der Waals surface area contributed by atoms with Crippen molar-refractivity contribution in [3.8, 4) is 5.75 Å². The van der Waals surface area contributed by atoms with E-state index in [0.717, 1.165) is 27.9 Å². The molecular formula is C17H24N2O. The molecule has 108 valence electrons. The molecule has 0 radical (unpaired) electrons. The van der Waals surface area contributed by atoms with E-state index in [9.17, 15) is 0 Å². The number of nitrogens with zero attached hydrogens (tertiary/aromatic N) is 1. The van der Waals surface area contributed by atoms with Crippen molar-refractivity contribution in [1.82, 2.24) is 4.98 Å². The van der Waals surface area contributed by atoms with E-state index in [1.54, 1.807) is 7.11 Å². The second-order valence-corrected chi connectivity index (χ2v) is 6.91. The highest BCUT2D eigenvalue weighted by Gasteiger charge is 2.23. The molecule has 3 heteroatoms. The normalized spacial score (nSPS) is 12.8. The highest BCUT2D eigenvalue weighted by atomic mass is 16.5. The van der Waals surface area contributed by atoms with Crippen LogP contribution >= 0.6 is 0 Å². The molecule has 1 heterocycles. The number of aromatic nitrogens is 1. The third-order valence-corrected chi connectivity index (χ3v) is 3.48. The number of methoxy groups -OCH3 is 1. The zero-order valence-electron chi connectivity index (χ0n) is 13.2. The van der Waals surface area contributed by atoms with Crippen LogP contribution < -0.4 is 10.5 Å². The maximum absolute atomic E-state index is 6.36. The number of hydrogen-bond acceptors (Lipinski definition) is 3. The molecular weight excluding hydrogens is 248 g/mol. The van der Waals surface area contributed by atoms with Gasteiger partial charge in [-0.05, 0) is 43.7 Å². The summed E-state index contributed by atoms with van der Waals surface area (Å²) in [6.07, 6.45) is 0. The molecule has 0 unspecified atom stereocenters. The topological polar surface area (TPSA) is 48.1 Å². The Morgan fingerprint density at radius 2 is 1.70 bits per heavy atom. The van der Waals surface area contributed by atoms with Gasteiger partial charge in [0.15, 0.2) is 0 Å². The van der Waals surface area contributed by atoms with Crippen molar-refractivity contribution < 1.29 is 4.74 Å². The summed E-state index contributed by atoms with van der Waals surface area (Å²) < 4.78 is 5.32. The summed E-state index contributed by atoms with van der Waals surface area (Å²) in [7, 11) is 1.67. The van der Waals surface area contributed by atoms with Gasteiger partial charge in [-0.15, -0.1) is 0 Å². The number of nitrogens with two attached hydrogens (primary N) is 1. The maximum Gasteiger partial charge on any atom is 0.119 e. The summed E-state index contributed by atoms with van der Waals surface area (Å²) in [5, 5.41) is 1.06. The first-order chi connectivity index (χ1) is 9.13. The van der Waals surface area contributed by atoms with E-state index in [0.29, 0.717) is 0 Å². The molecule has 1 aromatic heterocycles. The van der Waals surface area contributed by atoms with Crippen LogP contribution in [-0.4, -0.2) is 12.1 Å². The minimum atomic E-state index is -0.423. The predicted octanol–water partition coefficient (Wildman–Crippen LogP) is 3.73. The third kappa shape index (κ3) is 2.78. The van der Waals surface area contributed by atoms with Crippen LogP contribution in [0.3, 0.4) is 0 Å². The Labute approximate surface area is 121 Å². The fourth-order valence-corrected chi connectivity index (χ4v) is 2.25. The van der Waals surface area contributed by atoms with E-state index in [2.05, 4.69) is 26.8 Å². The second-order valence-electron chi connectivity index (χ2n) is 6.91. The van der Waals surface area contributed by atoms with Crippen LogP contribution in [0.5, 0.6) is 5.75 Å². The lowest BCUT2D eigenvalue weighted by atomic mass is 9.85. The molecule has 0 atom stereocenters. The van der Waals surface area contributed by atoms with Crippen molar-refractivity contribution in [2.45, 2.75) is 45.6 Å². The molecule has 0 amide bonds. The second kappa shape index (κ2) is 4.74. The van der Waals surface area contributed by atoms with Crippen LogP contribution in [0.25, 0.3) is 10.9 Å². The number of pyridine rings is 1. The maximum atomic E-state index is 6.36. The Kier molecular flexibility index (Phi) is 3.51. The van der Waals surface area contributed by atoms with E-state index in [1.807, 2.05) is 32.0 Å². The number of rotatable bonds is 2. The van der Waals surface area contributed by atoms with Crippen LogP contribution in [0.4, 0.5) is 0 Å². The van der Waals surface area contributed by atoms with E-state index in [4.69, 9.17) is 15.5 Å². The summed E-state index contributed by atoms with van der Waals surface area (Å²) in [5.41, 5.74) is 9.06. The molecule has 0 bridgehead atoms. The minimum Gasteiger partial charge on any atom is -0.497 e. The Balaban J connectivity index is 2.82. The summed E-state index contributed by atoms with van der Waals surface area (Å²) >= 11 is 0. The summed E-state index contributed by atoms with van der Waals surface area (Å²) in [4.78, 5) is 4.78. The van der Waals surface area contributed by atoms with Gasteiger partial charge in [0.2, 0.25) is 0 Å². The van der Waals surface area contributed by atoms with Crippen molar-refractivity contribution in [3.05, 3.63) is 35.5 Å². The smallest absolute Gasteiger partial charge is 0.119 e. The molecule has 0 saturated heterocycles. The van der Waals surface area contributed by atoms with Gasteiger partial charge in [0.1, 0.15) is 5.75 Å². The minimum absolute atomic E-state index is 0.00584. The van der Waals surface area contributed by atoms with Gasteiger partial charge in [-0.3, -0.25) is 4.98 Å². The lowest BCUT2D eigenvalue weighted by molar-refractivity contribution is 0.415. The molecule has 2 N–H and O–H groups in total. The Hall–Kier alpha value is -1.61. The number of hydrogen-bond donors (Lipinski definition) is 1. The number of fused-ring (bicyclic) bond motifs is 1. The largest absolute Gasteiger partial charge is 0.497 e. The fourth-order valence-electron chi connectivity index (χ4n) is 2.25. The highest BCUT2D eigenvalue weighted by Crippen LogP contribution is 2.32. The van der Waals surface area contributed by atoms with E-state index in [-0.39, 0.29) is 5.41 Å². The fraction of sp³-hybridized carbons (Fsp3) is 0.471. The van der Waals surface area contributed by atoms with E-state index < -0.39 is 5.54 Å². The van der Waals surface area contributed by atoms with Crippen molar-refractivity contribution in [3.63, 3.8) is 0 Å². The molecule has 3 nitrogen and oxygen atoms in total. The lowest BCUT2D eigenvalue weighted by Crippen LogP contribution is -2.30. The molecule has 0 fully saturated rings. The quantitative estimate of drug-likeness (QED) is 0.906. The molecule has 0 aliphatic rings. The van der Waals surface area contributed by atoms with Crippen LogP contribution in [-0.2, 0) is 11.0 Å². The van der Waals surface area contributed by atoms with Gasteiger partial charge in [-0.25, -0.2) is 0 Å². The van der Waals surface area contributed by atoms with Gasteiger partial charge < -0.3 is 10.5 Å². The Morgan fingerprint density at radius 3 is 2.20 bits per heavy atom. The van der Waals surface area contributed by atoms with Crippen molar-refractivity contribution in [1.29, 1.82) is 0 Å². The van der Waals surface area contributed by atoms with Crippen molar-refractivity contribution in [2.24, 2.45) is 5.73 Å². The first-order valence-electron chi connectivity index (χ1n) is 6.91.